The minimum atomic E-state index is -1.27. The van der Waals surface area contributed by atoms with Crippen molar-refractivity contribution in [3.05, 3.63) is 33.8 Å². The van der Waals surface area contributed by atoms with Crippen molar-refractivity contribution in [1.29, 1.82) is 0 Å². The van der Waals surface area contributed by atoms with Gasteiger partial charge in [0.1, 0.15) is 0 Å². The minimum absolute atomic E-state index is 0.205. The molecule has 1 aliphatic rings. The molecule has 4 nitrogen and oxygen atoms in total. The lowest BCUT2D eigenvalue weighted by molar-refractivity contribution is -0.129. The van der Waals surface area contributed by atoms with E-state index in [0.29, 0.717) is 22.2 Å². The molecule has 2 atom stereocenters. The molecule has 116 valence electrons. The van der Waals surface area contributed by atoms with Gasteiger partial charge >= 0.3 is 0 Å². The summed E-state index contributed by atoms with van der Waals surface area (Å²) < 4.78 is 5.59. The zero-order valence-corrected chi connectivity index (χ0v) is 13.2. The summed E-state index contributed by atoms with van der Waals surface area (Å²) in [4.78, 5) is 11.9. The van der Waals surface area contributed by atoms with E-state index in [4.69, 9.17) is 27.9 Å². The molecule has 21 heavy (non-hydrogen) atoms. The molecule has 0 saturated carbocycles. The third-order valence-corrected chi connectivity index (χ3v) is 3.92. The molecule has 1 aromatic carbocycles. The summed E-state index contributed by atoms with van der Waals surface area (Å²) >= 11 is 11.7. The second-order valence-electron chi connectivity index (χ2n) is 5.17. The molecule has 0 aliphatic carbocycles. The van der Waals surface area contributed by atoms with Crippen LogP contribution >= 0.6 is 23.2 Å². The number of carbonyl (C=O) groups excluding carboxylic acids is 1. The van der Waals surface area contributed by atoms with Crippen molar-refractivity contribution >= 4 is 29.1 Å². The highest BCUT2D eigenvalue weighted by atomic mass is 35.5. The van der Waals surface area contributed by atoms with Gasteiger partial charge in [0.25, 0.3) is 5.91 Å². The van der Waals surface area contributed by atoms with Gasteiger partial charge in [-0.1, -0.05) is 23.2 Å². The van der Waals surface area contributed by atoms with Crippen LogP contribution in [-0.4, -0.2) is 30.3 Å². The lowest BCUT2D eigenvalue weighted by Crippen LogP contribution is -2.32. The minimum Gasteiger partial charge on any atom is -0.378 e. The Hall–Kier alpha value is -0.810. The third kappa shape index (κ3) is 5.15. The third-order valence-electron chi connectivity index (χ3n) is 3.49. The summed E-state index contributed by atoms with van der Waals surface area (Å²) in [6.07, 6.45) is 3.00. The van der Waals surface area contributed by atoms with E-state index >= 15 is 0 Å². The Morgan fingerprint density at radius 1 is 1.33 bits per heavy atom. The number of amides is 1. The lowest BCUT2D eigenvalue weighted by atomic mass is 10.1. The SMILES string of the molecule is O=C(NCCC1CCCCO1)C(O)c1cc(Cl)cc(Cl)c1. The first-order valence-electron chi connectivity index (χ1n) is 7.09. The van der Waals surface area contributed by atoms with Crippen molar-refractivity contribution < 1.29 is 14.6 Å². The Morgan fingerprint density at radius 3 is 2.67 bits per heavy atom. The van der Waals surface area contributed by atoms with Crippen molar-refractivity contribution in [3.8, 4) is 0 Å². The molecule has 0 bridgehead atoms. The highest BCUT2D eigenvalue weighted by Crippen LogP contribution is 2.23. The summed E-state index contributed by atoms with van der Waals surface area (Å²) in [5.74, 6) is -0.454. The van der Waals surface area contributed by atoms with Crippen LogP contribution in [0.15, 0.2) is 18.2 Å². The van der Waals surface area contributed by atoms with Crippen LogP contribution in [0.2, 0.25) is 10.0 Å². The van der Waals surface area contributed by atoms with Crippen LogP contribution in [0.5, 0.6) is 0 Å². The van der Waals surface area contributed by atoms with Crippen LogP contribution in [0.4, 0.5) is 0 Å². The van der Waals surface area contributed by atoms with Gasteiger partial charge in [0.2, 0.25) is 0 Å². The van der Waals surface area contributed by atoms with E-state index in [1.807, 2.05) is 0 Å². The standard InChI is InChI=1S/C15H19Cl2NO3/c16-11-7-10(8-12(17)9-11)14(19)15(20)18-5-4-13-3-1-2-6-21-13/h7-9,13-14,19H,1-6H2,(H,18,20). The molecule has 1 saturated heterocycles. The van der Waals surface area contributed by atoms with Crippen LogP contribution in [0.1, 0.15) is 37.4 Å². The normalized spacial score (nSPS) is 20.0. The van der Waals surface area contributed by atoms with Crippen LogP contribution < -0.4 is 5.32 Å². The lowest BCUT2D eigenvalue weighted by Gasteiger charge is -2.22. The fourth-order valence-corrected chi connectivity index (χ4v) is 2.92. The molecule has 1 aromatic rings. The molecule has 2 rings (SSSR count). The van der Waals surface area contributed by atoms with E-state index in [9.17, 15) is 9.90 Å². The number of hydrogen-bond donors (Lipinski definition) is 2. The first-order chi connectivity index (χ1) is 10.1. The van der Waals surface area contributed by atoms with Crippen molar-refractivity contribution in [2.75, 3.05) is 13.2 Å². The molecular weight excluding hydrogens is 313 g/mol. The predicted octanol–water partition coefficient (Wildman–Crippen LogP) is 3.10. The number of hydrogen-bond acceptors (Lipinski definition) is 3. The van der Waals surface area contributed by atoms with Crippen molar-refractivity contribution in [1.82, 2.24) is 5.32 Å². The summed E-state index contributed by atoms with van der Waals surface area (Å²) in [5.41, 5.74) is 0.388. The zero-order chi connectivity index (χ0) is 15.2. The Labute approximate surface area is 134 Å². The van der Waals surface area contributed by atoms with E-state index in [0.717, 1.165) is 25.9 Å². The van der Waals surface area contributed by atoms with E-state index < -0.39 is 12.0 Å². The summed E-state index contributed by atoms with van der Waals surface area (Å²) in [6, 6.07) is 4.61. The van der Waals surface area contributed by atoms with Gasteiger partial charge in [-0.2, -0.15) is 0 Å². The van der Waals surface area contributed by atoms with Crippen LogP contribution in [0, 0.1) is 0 Å². The van der Waals surface area contributed by atoms with Crippen molar-refractivity contribution in [2.45, 2.75) is 37.9 Å². The van der Waals surface area contributed by atoms with Crippen molar-refractivity contribution in [3.63, 3.8) is 0 Å². The molecule has 1 heterocycles. The number of benzene rings is 1. The van der Waals surface area contributed by atoms with Crippen LogP contribution in [-0.2, 0) is 9.53 Å². The molecule has 0 aromatic heterocycles. The number of aliphatic hydroxyl groups is 1. The molecule has 2 unspecified atom stereocenters. The number of carbonyl (C=O) groups is 1. The van der Waals surface area contributed by atoms with Gasteiger partial charge in [-0.15, -0.1) is 0 Å². The maximum atomic E-state index is 11.9. The smallest absolute Gasteiger partial charge is 0.253 e. The number of aliphatic hydroxyl groups excluding tert-OH is 1. The second-order valence-corrected chi connectivity index (χ2v) is 6.05. The van der Waals surface area contributed by atoms with Gasteiger partial charge < -0.3 is 15.2 Å². The fraction of sp³-hybridized carbons (Fsp3) is 0.533. The van der Waals surface area contributed by atoms with E-state index in [1.165, 1.54) is 18.6 Å². The predicted molar refractivity (Wildman–Crippen MR) is 82.6 cm³/mol. The Kier molecular flexibility index (Phi) is 6.30. The first kappa shape index (κ1) is 16.6. The highest BCUT2D eigenvalue weighted by molar-refractivity contribution is 6.34. The molecule has 0 spiro atoms. The van der Waals surface area contributed by atoms with E-state index in [-0.39, 0.29) is 6.10 Å². The average Bonchev–Trinajstić information content (AvgIpc) is 2.46. The summed E-state index contributed by atoms with van der Waals surface area (Å²) in [7, 11) is 0. The van der Waals surface area contributed by atoms with Crippen LogP contribution in [0.3, 0.4) is 0 Å². The topological polar surface area (TPSA) is 58.6 Å². The average molecular weight is 332 g/mol. The summed E-state index contributed by atoms with van der Waals surface area (Å²) in [6.45, 7) is 1.27. The maximum absolute atomic E-state index is 11.9. The Bertz CT molecular complexity index is 470. The Morgan fingerprint density at radius 2 is 2.05 bits per heavy atom. The largest absolute Gasteiger partial charge is 0.378 e. The monoisotopic (exact) mass is 331 g/mol. The molecule has 1 amide bonds. The summed E-state index contributed by atoms with van der Waals surface area (Å²) in [5, 5.41) is 13.5. The molecule has 6 heteroatoms. The van der Waals surface area contributed by atoms with E-state index in [1.54, 1.807) is 6.07 Å². The quantitative estimate of drug-likeness (QED) is 0.871. The molecule has 0 radical (unpaired) electrons. The number of halogens is 2. The number of rotatable bonds is 5. The van der Waals surface area contributed by atoms with Gasteiger partial charge in [-0.3, -0.25) is 4.79 Å². The molecule has 1 fully saturated rings. The van der Waals surface area contributed by atoms with Gasteiger partial charge in [0.15, 0.2) is 6.10 Å². The van der Waals surface area contributed by atoms with E-state index in [2.05, 4.69) is 5.32 Å². The molecular formula is C15H19Cl2NO3. The van der Waals surface area contributed by atoms with Crippen molar-refractivity contribution in [2.24, 2.45) is 0 Å². The Balaban J connectivity index is 1.81. The fourth-order valence-electron chi connectivity index (χ4n) is 2.37. The second kappa shape index (κ2) is 7.99. The number of ether oxygens (including phenoxy) is 1. The maximum Gasteiger partial charge on any atom is 0.253 e. The van der Waals surface area contributed by atoms with Gasteiger partial charge in [0.05, 0.1) is 6.10 Å². The molecule has 1 aliphatic heterocycles. The first-order valence-corrected chi connectivity index (χ1v) is 7.85. The zero-order valence-electron chi connectivity index (χ0n) is 11.6. The highest BCUT2D eigenvalue weighted by Gasteiger charge is 2.19. The van der Waals surface area contributed by atoms with Gasteiger partial charge in [-0.05, 0) is 49.4 Å². The van der Waals surface area contributed by atoms with Crippen LogP contribution in [0.25, 0.3) is 0 Å². The number of nitrogens with one attached hydrogen (secondary N) is 1. The molecule has 2 N–H and O–H groups in total. The van der Waals surface area contributed by atoms with Gasteiger partial charge in [0, 0.05) is 23.2 Å². The van der Waals surface area contributed by atoms with Gasteiger partial charge in [-0.25, -0.2) is 0 Å².